The molecule has 0 aliphatic carbocycles. The number of aromatic hydroxyl groups is 2. The van der Waals surface area contributed by atoms with Crippen LogP contribution >= 0.6 is 0 Å². The minimum absolute atomic E-state index is 0.0370. The molecule has 0 radical (unpaired) electrons. The van der Waals surface area contributed by atoms with E-state index < -0.39 is 11.8 Å². The van der Waals surface area contributed by atoms with Crippen LogP contribution < -0.4 is 10.9 Å². The molecule has 39 heavy (non-hydrogen) atoms. The number of amides is 2. The molecule has 1 heterocycles. The number of nitrogens with one attached hydrogen (secondary N) is 3. The fourth-order valence-electron chi connectivity index (χ4n) is 4.58. The van der Waals surface area contributed by atoms with Crippen molar-refractivity contribution >= 4 is 45.8 Å². The van der Waals surface area contributed by atoms with E-state index in [-0.39, 0.29) is 22.8 Å². The molecule has 0 fully saturated rings. The average Bonchev–Trinajstić information content (AvgIpc) is 3.24. The van der Waals surface area contributed by atoms with Crippen LogP contribution in [0, 0.1) is 13.8 Å². The third-order valence-corrected chi connectivity index (χ3v) is 6.51. The summed E-state index contributed by atoms with van der Waals surface area (Å²) >= 11 is 0. The predicted molar refractivity (Wildman–Crippen MR) is 152 cm³/mol. The third kappa shape index (κ3) is 4.93. The first-order valence-electron chi connectivity index (χ1n) is 12.1. The zero-order chi connectivity index (χ0) is 27.5. The van der Waals surface area contributed by atoms with Crippen molar-refractivity contribution in [3.63, 3.8) is 0 Å². The van der Waals surface area contributed by atoms with Gasteiger partial charge in [-0.05, 0) is 53.1 Å². The van der Waals surface area contributed by atoms with E-state index in [4.69, 9.17) is 0 Å². The van der Waals surface area contributed by atoms with Crippen molar-refractivity contribution in [1.29, 1.82) is 0 Å². The van der Waals surface area contributed by atoms with Crippen LogP contribution in [0.4, 0.5) is 0 Å². The van der Waals surface area contributed by atoms with E-state index >= 15 is 0 Å². The molecule has 2 amide bonds. The molecule has 0 unspecified atom stereocenters. The summed E-state index contributed by atoms with van der Waals surface area (Å²) in [6, 6.07) is 21.8. The predicted octanol–water partition coefficient (Wildman–Crippen LogP) is 4.88. The zero-order valence-corrected chi connectivity index (χ0v) is 21.2. The summed E-state index contributed by atoms with van der Waals surface area (Å²) in [5.41, 5.74) is 7.22. The Labute approximate surface area is 223 Å². The molecule has 0 saturated carbocycles. The number of hydrogen-bond donors (Lipinski definition) is 5. The Bertz CT molecular complexity index is 1800. The maximum absolute atomic E-state index is 12.9. The highest BCUT2D eigenvalue weighted by molar-refractivity contribution is 6.06. The second-order valence-electron chi connectivity index (χ2n) is 8.96. The van der Waals surface area contributed by atoms with Crippen LogP contribution in [0.5, 0.6) is 11.5 Å². The van der Waals surface area contributed by atoms with Crippen molar-refractivity contribution < 1.29 is 19.8 Å². The molecular weight excluding hydrogens is 494 g/mol. The van der Waals surface area contributed by atoms with Crippen LogP contribution in [0.25, 0.3) is 21.5 Å². The van der Waals surface area contributed by atoms with Gasteiger partial charge in [-0.1, -0.05) is 60.7 Å². The monoisotopic (exact) mass is 519 g/mol. The molecule has 4 aromatic carbocycles. The minimum Gasteiger partial charge on any atom is -0.507 e. The Morgan fingerprint density at radius 2 is 1.21 bits per heavy atom. The van der Waals surface area contributed by atoms with Gasteiger partial charge in [-0.2, -0.15) is 10.2 Å². The molecule has 0 saturated heterocycles. The van der Waals surface area contributed by atoms with Gasteiger partial charge in [0.2, 0.25) is 0 Å². The third-order valence-electron chi connectivity index (χ3n) is 6.51. The number of H-pyrrole nitrogens is 1. The van der Waals surface area contributed by atoms with Gasteiger partial charge in [0.15, 0.2) is 0 Å². The Hall–Kier alpha value is -5.44. The Morgan fingerprint density at radius 3 is 1.74 bits per heavy atom. The maximum atomic E-state index is 12.9. The molecule has 9 nitrogen and oxygen atoms in total. The molecule has 0 atom stereocenters. The Kier molecular flexibility index (Phi) is 6.79. The molecule has 0 bridgehead atoms. The lowest BCUT2D eigenvalue weighted by molar-refractivity contribution is 0.0948. The minimum atomic E-state index is -0.546. The lowest BCUT2D eigenvalue weighted by atomic mass is 10.0. The largest absolute Gasteiger partial charge is 0.507 e. The van der Waals surface area contributed by atoms with Gasteiger partial charge in [0, 0.05) is 16.8 Å². The summed E-state index contributed by atoms with van der Waals surface area (Å²) in [5.74, 6) is -0.984. The van der Waals surface area contributed by atoms with Crippen molar-refractivity contribution in [3.05, 3.63) is 106 Å². The van der Waals surface area contributed by atoms with Crippen LogP contribution in [0.15, 0.2) is 83.0 Å². The van der Waals surface area contributed by atoms with E-state index in [1.54, 1.807) is 38.1 Å². The summed E-state index contributed by atoms with van der Waals surface area (Å²) in [7, 11) is 0. The SMILES string of the molecule is Cc1[nH]c(C(=O)N/N=C\c2c(O)ccc3ccccc23)c(C)c1C(=O)N/N=C\c1c(O)ccc2ccccc12. The molecule has 9 heteroatoms. The van der Waals surface area contributed by atoms with E-state index in [0.29, 0.717) is 22.4 Å². The van der Waals surface area contributed by atoms with Crippen LogP contribution in [0.3, 0.4) is 0 Å². The molecule has 5 N–H and O–H groups in total. The number of aryl methyl sites for hydroxylation is 1. The number of carbonyl (C=O) groups is 2. The number of aromatic nitrogens is 1. The zero-order valence-electron chi connectivity index (χ0n) is 21.2. The lowest BCUT2D eigenvalue weighted by Gasteiger charge is -2.05. The molecule has 0 spiro atoms. The molecule has 0 aliphatic rings. The van der Waals surface area contributed by atoms with E-state index in [0.717, 1.165) is 21.5 Å². The molecule has 5 rings (SSSR count). The van der Waals surface area contributed by atoms with Crippen LogP contribution in [0.1, 0.15) is 43.2 Å². The first-order chi connectivity index (χ1) is 18.8. The number of hydrogen-bond acceptors (Lipinski definition) is 6. The number of fused-ring (bicyclic) bond motifs is 2. The highest BCUT2D eigenvalue weighted by Crippen LogP contribution is 2.26. The van der Waals surface area contributed by atoms with Gasteiger partial charge in [0.1, 0.15) is 17.2 Å². The fraction of sp³-hybridized carbons (Fsp3) is 0.0667. The number of nitrogens with zero attached hydrogens (tertiary/aromatic N) is 2. The van der Waals surface area contributed by atoms with Gasteiger partial charge < -0.3 is 15.2 Å². The second kappa shape index (κ2) is 10.5. The molecule has 5 aromatic rings. The maximum Gasteiger partial charge on any atom is 0.288 e. The van der Waals surface area contributed by atoms with Gasteiger partial charge in [-0.3, -0.25) is 9.59 Å². The second-order valence-corrected chi connectivity index (χ2v) is 8.96. The molecule has 1 aromatic heterocycles. The molecule has 0 aliphatic heterocycles. The Morgan fingerprint density at radius 1 is 0.718 bits per heavy atom. The number of rotatable bonds is 6. The van der Waals surface area contributed by atoms with Crippen molar-refractivity contribution in [2.24, 2.45) is 10.2 Å². The summed E-state index contributed by atoms with van der Waals surface area (Å²) in [6.07, 6.45) is 2.77. The number of benzene rings is 4. The summed E-state index contributed by atoms with van der Waals surface area (Å²) < 4.78 is 0. The van der Waals surface area contributed by atoms with Crippen molar-refractivity contribution in [3.8, 4) is 11.5 Å². The van der Waals surface area contributed by atoms with Gasteiger partial charge in [0.25, 0.3) is 11.8 Å². The quantitative estimate of drug-likeness (QED) is 0.161. The number of phenols is 2. The fourth-order valence-corrected chi connectivity index (χ4v) is 4.58. The van der Waals surface area contributed by atoms with Gasteiger partial charge in [0.05, 0.1) is 18.0 Å². The lowest BCUT2D eigenvalue weighted by Crippen LogP contribution is -2.21. The van der Waals surface area contributed by atoms with Gasteiger partial charge in [-0.25, -0.2) is 10.9 Å². The first-order valence-corrected chi connectivity index (χ1v) is 12.1. The number of carbonyl (C=O) groups excluding carboxylic acids is 2. The molecular formula is C30H25N5O4. The summed E-state index contributed by atoms with van der Waals surface area (Å²) in [5, 5.41) is 32.0. The van der Waals surface area contributed by atoms with E-state index in [1.165, 1.54) is 12.4 Å². The van der Waals surface area contributed by atoms with Crippen molar-refractivity contribution in [2.75, 3.05) is 0 Å². The topological polar surface area (TPSA) is 139 Å². The van der Waals surface area contributed by atoms with Crippen LogP contribution in [-0.2, 0) is 0 Å². The number of phenolic OH excluding ortho intramolecular Hbond substituents is 2. The first kappa shape index (κ1) is 25.2. The standard InChI is InChI=1S/C30H25N5O4/c1-17-27(29(38)34-31-15-23-21-9-5-3-7-19(21)11-13-25(23)36)18(2)33-28(17)30(39)35-32-16-24-22-10-6-4-8-20(22)12-14-26(24)37/h3-16,33,36-37H,1-2H3,(H,34,38)(H,35,39)/b31-15-,32-16-. The van der Waals surface area contributed by atoms with E-state index in [1.807, 2.05) is 48.5 Å². The van der Waals surface area contributed by atoms with E-state index in [2.05, 4.69) is 26.0 Å². The normalized spacial score (nSPS) is 11.5. The average molecular weight is 520 g/mol. The molecule has 194 valence electrons. The van der Waals surface area contributed by atoms with Crippen LogP contribution in [-0.4, -0.2) is 39.4 Å². The summed E-state index contributed by atoms with van der Waals surface area (Å²) in [4.78, 5) is 28.7. The van der Waals surface area contributed by atoms with E-state index in [9.17, 15) is 19.8 Å². The van der Waals surface area contributed by atoms with Crippen LogP contribution in [0.2, 0.25) is 0 Å². The van der Waals surface area contributed by atoms with Crippen molar-refractivity contribution in [2.45, 2.75) is 13.8 Å². The highest BCUT2D eigenvalue weighted by Gasteiger charge is 2.22. The van der Waals surface area contributed by atoms with Gasteiger partial charge in [-0.15, -0.1) is 0 Å². The smallest absolute Gasteiger partial charge is 0.288 e. The number of aromatic amines is 1. The summed E-state index contributed by atoms with van der Waals surface area (Å²) in [6.45, 7) is 3.32. The highest BCUT2D eigenvalue weighted by atomic mass is 16.3. The van der Waals surface area contributed by atoms with Gasteiger partial charge >= 0.3 is 0 Å². The Balaban J connectivity index is 1.31. The number of hydrazone groups is 2. The van der Waals surface area contributed by atoms with Crippen molar-refractivity contribution in [1.82, 2.24) is 15.8 Å².